The molecule has 0 aromatic carbocycles. The number of nitrogens with zero attached hydrogens (tertiary/aromatic N) is 5. The Morgan fingerprint density at radius 2 is 1.90 bits per heavy atom. The molecule has 2 rings (SSSR count). The first-order valence-corrected chi connectivity index (χ1v) is 7.78. The minimum atomic E-state index is 0.659. The van der Waals surface area contributed by atoms with Gasteiger partial charge in [-0.3, -0.25) is 0 Å². The molecule has 0 atom stereocenters. The minimum Gasteiger partial charge on any atom is -0.378 e. The van der Waals surface area contributed by atoms with E-state index in [-0.39, 0.29) is 0 Å². The molecule has 1 aliphatic heterocycles. The zero-order chi connectivity index (χ0) is 15.1. The van der Waals surface area contributed by atoms with Gasteiger partial charge in [0.15, 0.2) is 0 Å². The summed E-state index contributed by atoms with van der Waals surface area (Å²) in [7, 11) is 2.02. The summed E-state index contributed by atoms with van der Waals surface area (Å²) in [5, 5.41) is 3.26. The van der Waals surface area contributed by atoms with Gasteiger partial charge in [-0.15, -0.1) is 0 Å². The average molecular weight is 294 g/mol. The number of rotatable bonds is 7. The van der Waals surface area contributed by atoms with E-state index in [2.05, 4.69) is 43.9 Å². The fraction of sp³-hybridized carbons (Fsp3) is 0.786. The normalized spacial score (nSPS) is 15.1. The van der Waals surface area contributed by atoms with E-state index in [9.17, 15) is 0 Å². The first kappa shape index (κ1) is 15.8. The van der Waals surface area contributed by atoms with E-state index in [1.165, 1.54) is 0 Å². The van der Waals surface area contributed by atoms with Crippen molar-refractivity contribution in [3.8, 4) is 0 Å². The van der Waals surface area contributed by atoms with Gasteiger partial charge in [-0.2, -0.15) is 15.0 Å². The third-order valence-electron chi connectivity index (χ3n) is 3.34. The van der Waals surface area contributed by atoms with Gasteiger partial charge in [-0.25, -0.2) is 0 Å². The summed E-state index contributed by atoms with van der Waals surface area (Å²) >= 11 is 0. The lowest BCUT2D eigenvalue weighted by atomic mass is 10.4. The highest BCUT2D eigenvalue weighted by molar-refractivity contribution is 5.45. The van der Waals surface area contributed by atoms with Crippen LogP contribution in [0.3, 0.4) is 0 Å². The van der Waals surface area contributed by atoms with Crippen LogP contribution in [0.1, 0.15) is 26.7 Å². The molecule has 1 fully saturated rings. The second-order valence-electron chi connectivity index (χ2n) is 5.21. The minimum absolute atomic E-state index is 0.659. The van der Waals surface area contributed by atoms with Crippen LogP contribution in [-0.4, -0.2) is 61.4 Å². The summed E-state index contributed by atoms with van der Waals surface area (Å²) in [5.41, 5.74) is 0. The zero-order valence-electron chi connectivity index (χ0n) is 13.3. The van der Waals surface area contributed by atoms with Crippen molar-refractivity contribution < 1.29 is 4.74 Å². The summed E-state index contributed by atoms with van der Waals surface area (Å²) in [6.07, 6.45) is 2.10. The van der Waals surface area contributed by atoms with Crippen LogP contribution in [0.4, 0.5) is 17.8 Å². The van der Waals surface area contributed by atoms with Crippen molar-refractivity contribution in [2.75, 3.05) is 61.6 Å². The van der Waals surface area contributed by atoms with E-state index < -0.39 is 0 Å². The van der Waals surface area contributed by atoms with Gasteiger partial charge in [0, 0.05) is 33.2 Å². The summed E-state index contributed by atoms with van der Waals surface area (Å²) in [5.74, 6) is 2.13. The van der Waals surface area contributed by atoms with Gasteiger partial charge in [-0.1, -0.05) is 13.8 Å². The van der Waals surface area contributed by atoms with Gasteiger partial charge in [-0.05, 0) is 12.8 Å². The molecular weight excluding hydrogens is 268 g/mol. The topological polar surface area (TPSA) is 66.4 Å². The Balaban J connectivity index is 2.22. The van der Waals surface area contributed by atoms with Crippen LogP contribution in [0.2, 0.25) is 0 Å². The quantitative estimate of drug-likeness (QED) is 0.814. The van der Waals surface area contributed by atoms with Gasteiger partial charge in [0.05, 0.1) is 13.2 Å². The molecule has 0 saturated carbocycles. The molecule has 0 radical (unpaired) electrons. The monoisotopic (exact) mass is 294 g/mol. The Bertz CT molecular complexity index is 435. The number of ether oxygens (including phenoxy) is 1. The summed E-state index contributed by atoms with van der Waals surface area (Å²) < 4.78 is 5.39. The third-order valence-corrected chi connectivity index (χ3v) is 3.34. The van der Waals surface area contributed by atoms with Crippen molar-refractivity contribution in [2.45, 2.75) is 26.7 Å². The Morgan fingerprint density at radius 3 is 2.57 bits per heavy atom. The zero-order valence-corrected chi connectivity index (χ0v) is 13.3. The summed E-state index contributed by atoms with van der Waals surface area (Å²) in [6.45, 7) is 9.18. The lowest BCUT2D eigenvalue weighted by Gasteiger charge is -2.28. The third kappa shape index (κ3) is 4.42. The molecule has 0 bridgehead atoms. The first-order chi connectivity index (χ1) is 10.2. The van der Waals surface area contributed by atoms with E-state index in [0.717, 1.165) is 64.1 Å². The molecule has 1 N–H and O–H groups in total. The summed E-state index contributed by atoms with van der Waals surface area (Å²) in [4.78, 5) is 17.9. The van der Waals surface area contributed by atoms with Crippen LogP contribution in [0.15, 0.2) is 0 Å². The molecular formula is C14H26N6O. The van der Waals surface area contributed by atoms with Crippen molar-refractivity contribution in [3.05, 3.63) is 0 Å². The highest BCUT2D eigenvalue weighted by Gasteiger charge is 2.17. The van der Waals surface area contributed by atoms with E-state index in [1.54, 1.807) is 0 Å². The molecule has 1 aromatic rings. The lowest BCUT2D eigenvalue weighted by Crippen LogP contribution is -2.38. The number of morpholine rings is 1. The van der Waals surface area contributed by atoms with Crippen molar-refractivity contribution in [1.29, 1.82) is 0 Å². The predicted molar refractivity (Wildman–Crippen MR) is 85.2 cm³/mol. The van der Waals surface area contributed by atoms with Gasteiger partial charge in [0.25, 0.3) is 0 Å². The number of anilines is 3. The molecule has 118 valence electrons. The number of hydrogen-bond donors (Lipinski definition) is 1. The van der Waals surface area contributed by atoms with E-state index in [0.29, 0.717) is 5.95 Å². The smallest absolute Gasteiger partial charge is 0.232 e. The van der Waals surface area contributed by atoms with Crippen molar-refractivity contribution in [3.63, 3.8) is 0 Å². The highest BCUT2D eigenvalue weighted by Crippen LogP contribution is 2.17. The van der Waals surface area contributed by atoms with Crippen LogP contribution < -0.4 is 15.1 Å². The molecule has 7 nitrogen and oxygen atoms in total. The Kier molecular flexibility index (Phi) is 5.98. The van der Waals surface area contributed by atoms with Gasteiger partial charge >= 0.3 is 0 Å². The van der Waals surface area contributed by atoms with Gasteiger partial charge in [0.1, 0.15) is 0 Å². The van der Waals surface area contributed by atoms with Crippen molar-refractivity contribution in [1.82, 2.24) is 15.0 Å². The van der Waals surface area contributed by atoms with E-state index >= 15 is 0 Å². The van der Waals surface area contributed by atoms with Crippen molar-refractivity contribution >= 4 is 17.8 Å². The highest BCUT2D eigenvalue weighted by atomic mass is 16.5. The van der Waals surface area contributed by atoms with Crippen LogP contribution in [0, 0.1) is 0 Å². The van der Waals surface area contributed by atoms with Crippen LogP contribution in [0.5, 0.6) is 0 Å². The van der Waals surface area contributed by atoms with E-state index in [1.807, 2.05) is 7.05 Å². The molecule has 7 heteroatoms. The molecule has 21 heavy (non-hydrogen) atoms. The van der Waals surface area contributed by atoms with Gasteiger partial charge in [0.2, 0.25) is 17.8 Å². The molecule has 1 aromatic heterocycles. The molecule has 0 amide bonds. The Hall–Kier alpha value is -1.63. The largest absolute Gasteiger partial charge is 0.378 e. The standard InChI is InChI=1S/C14H26N6O/c1-4-6-15-12-16-13(19(3)7-5-2)18-14(17-12)20-8-10-21-11-9-20/h4-11H2,1-3H3,(H,15,16,17,18). The second-order valence-corrected chi connectivity index (χ2v) is 5.21. The maximum absolute atomic E-state index is 5.39. The molecule has 1 aliphatic rings. The predicted octanol–water partition coefficient (Wildman–Crippen LogP) is 1.38. The second kappa shape index (κ2) is 7.97. The first-order valence-electron chi connectivity index (χ1n) is 7.78. The summed E-state index contributed by atoms with van der Waals surface area (Å²) in [6, 6.07) is 0. The van der Waals surface area contributed by atoms with Crippen molar-refractivity contribution in [2.24, 2.45) is 0 Å². The lowest BCUT2D eigenvalue weighted by molar-refractivity contribution is 0.122. The number of hydrogen-bond acceptors (Lipinski definition) is 7. The molecule has 1 saturated heterocycles. The maximum Gasteiger partial charge on any atom is 0.232 e. The maximum atomic E-state index is 5.39. The van der Waals surface area contributed by atoms with Crippen LogP contribution in [0.25, 0.3) is 0 Å². The SMILES string of the molecule is CCCNc1nc(N(C)CCC)nc(N2CCOCC2)n1. The van der Waals surface area contributed by atoms with Crippen LogP contribution in [-0.2, 0) is 4.74 Å². The molecule has 0 spiro atoms. The van der Waals surface area contributed by atoms with E-state index in [4.69, 9.17) is 4.74 Å². The molecule has 0 aliphatic carbocycles. The Labute approximate surface area is 126 Å². The number of aromatic nitrogens is 3. The van der Waals surface area contributed by atoms with Crippen LogP contribution >= 0.6 is 0 Å². The van der Waals surface area contributed by atoms with Gasteiger partial charge < -0.3 is 19.9 Å². The molecule has 0 unspecified atom stereocenters. The fourth-order valence-corrected chi connectivity index (χ4v) is 2.18. The Morgan fingerprint density at radius 1 is 1.14 bits per heavy atom. The number of nitrogens with one attached hydrogen (secondary N) is 1. The average Bonchev–Trinajstić information content (AvgIpc) is 2.53. The fourth-order valence-electron chi connectivity index (χ4n) is 2.18. The molecule has 2 heterocycles.